The lowest BCUT2D eigenvalue weighted by Gasteiger charge is -2.07. The molecule has 4 heteroatoms. The molecular formula is C16H16N2S2. The van der Waals surface area contributed by atoms with Crippen molar-refractivity contribution in [3.05, 3.63) is 50.8 Å². The number of hydrogen-bond donors (Lipinski definition) is 1. The minimum absolute atomic E-state index is 0.0817. The first-order valence-corrected chi connectivity index (χ1v) is 8.73. The van der Waals surface area contributed by atoms with Crippen LogP contribution in [-0.4, -0.2) is 4.98 Å². The minimum Gasteiger partial charge on any atom is -0.318 e. The minimum atomic E-state index is -0.0817. The summed E-state index contributed by atoms with van der Waals surface area (Å²) < 4.78 is 1.30. The molecule has 2 heterocycles. The van der Waals surface area contributed by atoms with E-state index in [-0.39, 0.29) is 6.04 Å². The Morgan fingerprint density at radius 3 is 2.90 bits per heavy atom. The molecule has 1 atom stereocenters. The van der Waals surface area contributed by atoms with Gasteiger partial charge in [0.25, 0.3) is 0 Å². The molecule has 3 aromatic rings. The first kappa shape index (κ1) is 12.5. The van der Waals surface area contributed by atoms with E-state index in [0.717, 1.165) is 11.4 Å². The van der Waals surface area contributed by atoms with Crippen molar-refractivity contribution in [2.45, 2.75) is 31.7 Å². The number of thiophene rings is 1. The quantitative estimate of drug-likeness (QED) is 0.767. The number of rotatable bonds is 2. The summed E-state index contributed by atoms with van der Waals surface area (Å²) in [6, 6.07) is 8.40. The Kier molecular flexibility index (Phi) is 3.10. The molecule has 2 aromatic heterocycles. The summed E-state index contributed by atoms with van der Waals surface area (Å²) >= 11 is 3.59. The number of thiazole rings is 1. The molecule has 0 spiro atoms. The Morgan fingerprint density at radius 2 is 2.00 bits per heavy atom. The summed E-state index contributed by atoms with van der Waals surface area (Å²) in [7, 11) is 0. The van der Waals surface area contributed by atoms with Crippen LogP contribution in [0, 0.1) is 0 Å². The van der Waals surface area contributed by atoms with E-state index in [0.29, 0.717) is 0 Å². The topological polar surface area (TPSA) is 38.9 Å². The molecule has 0 saturated carbocycles. The van der Waals surface area contributed by atoms with Gasteiger partial charge >= 0.3 is 0 Å². The average Bonchev–Trinajstić information content (AvgIpc) is 3.10. The van der Waals surface area contributed by atoms with Crippen LogP contribution in [0.15, 0.2) is 29.6 Å². The zero-order valence-electron chi connectivity index (χ0n) is 11.1. The van der Waals surface area contributed by atoms with E-state index >= 15 is 0 Å². The van der Waals surface area contributed by atoms with Crippen LogP contribution in [0.3, 0.4) is 0 Å². The first-order chi connectivity index (χ1) is 9.83. The molecule has 0 amide bonds. The molecule has 2 nitrogen and oxygen atoms in total. The second-order valence-corrected chi connectivity index (χ2v) is 7.32. The molecule has 1 aliphatic carbocycles. The van der Waals surface area contributed by atoms with Crippen molar-refractivity contribution in [2.24, 2.45) is 5.73 Å². The van der Waals surface area contributed by atoms with Gasteiger partial charge < -0.3 is 5.73 Å². The summed E-state index contributed by atoms with van der Waals surface area (Å²) in [6.07, 6.45) is 4.88. The number of benzene rings is 1. The third-order valence-electron chi connectivity index (χ3n) is 3.97. The fourth-order valence-corrected chi connectivity index (χ4v) is 5.05. The molecular weight excluding hydrogens is 284 g/mol. The lowest BCUT2D eigenvalue weighted by atomic mass is 10.0. The largest absolute Gasteiger partial charge is 0.318 e. The van der Waals surface area contributed by atoms with Gasteiger partial charge in [-0.2, -0.15) is 0 Å². The number of hydrogen-bond acceptors (Lipinski definition) is 4. The van der Waals surface area contributed by atoms with E-state index in [2.05, 4.69) is 29.6 Å². The molecule has 0 fully saturated rings. The van der Waals surface area contributed by atoms with Gasteiger partial charge in [0.05, 0.1) is 11.7 Å². The Balaban J connectivity index is 1.76. The molecule has 0 aliphatic heterocycles. The first-order valence-electron chi connectivity index (χ1n) is 7.03. The number of aromatic nitrogens is 1. The zero-order chi connectivity index (χ0) is 13.5. The number of nitrogens with two attached hydrogens (primary N) is 1. The van der Waals surface area contributed by atoms with E-state index in [4.69, 9.17) is 10.7 Å². The second kappa shape index (κ2) is 4.95. The van der Waals surface area contributed by atoms with Crippen molar-refractivity contribution < 1.29 is 0 Å². The molecule has 102 valence electrons. The third-order valence-corrected chi connectivity index (χ3v) is 6.20. The Bertz CT molecular complexity index is 733. The smallest absolute Gasteiger partial charge is 0.114 e. The Hall–Kier alpha value is -1.23. The van der Waals surface area contributed by atoms with Gasteiger partial charge in [0.1, 0.15) is 5.01 Å². The van der Waals surface area contributed by atoms with Crippen LogP contribution in [0.4, 0.5) is 0 Å². The van der Waals surface area contributed by atoms with Gasteiger partial charge in [-0.15, -0.1) is 22.7 Å². The SMILES string of the molecule is NC(c1nc2c(s1)CCCC2)c1csc2ccccc12. The lowest BCUT2D eigenvalue weighted by Crippen LogP contribution is -2.11. The highest BCUT2D eigenvalue weighted by atomic mass is 32.1. The molecule has 0 saturated heterocycles. The maximum atomic E-state index is 6.49. The molecule has 4 rings (SSSR count). The summed E-state index contributed by atoms with van der Waals surface area (Å²) in [5.41, 5.74) is 9.01. The molecule has 1 aromatic carbocycles. The molecule has 0 bridgehead atoms. The van der Waals surface area contributed by atoms with E-state index in [1.165, 1.54) is 45.5 Å². The Morgan fingerprint density at radius 1 is 1.15 bits per heavy atom. The van der Waals surface area contributed by atoms with Crippen molar-refractivity contribution in [3.8, 4) is 0 Å². The lowest BCUT2D eigenvalue weighted by molar-refractivity contribution is 0.679. The van der Waals surface area contributed by atoms with Gasteiger partial charge in [-0.25, -0.2) is 4.98 Å². The van der Waals surface area contributed by atoms with Gasteiger partial charge in [0.2, 0.25) is 0 Å². The number of aryl methyl sites for hydroxylation is 2. The maximum Gasteiger partial charge on any atom is 0.114 e. The van der Waals surface area contributed by atoms with Gasteiger partial charge in [-0.3, -0.25) is 0 Å². The summed E-state index contributed by atoms with van der Waals surface area (Å²) in [4.78, 5) is 6.27. The predicted molar refractivity (Wildman–Crippen MR) is 86.6 cm³/mol. The average molecular weight is 300 g/mol. The molecule has 2 N–H and O–H groups in total. The van der Waals surface area contributed by atoms with Crippen molar-refractivity contribution in [1.82, 2.24) is 4.98 Å². The molecule has 1 aliphatic rings. The van der Waals surface area contributed by atoms with Crippen LogP contribution < -0.4 is 5.73 Å². The third kappa shape index (κ3) is 1.99. The molecule has 0 radical (unpaired) electrons. The van der Waals surface area contributed by atoms with Crippen LogP contribution in [0.1, 0.15) is 40.0 Å². The molecule has 1 unspecified atom stereocenters. The predicted octanol–water partition coefficient (Wildman–Crippen LogP) is 4.28. The number of nitrogens with zero attached hydrogens (tertiary/aromatic N) is 1. The van der Waals surface area contributed by atoms with Crippen molar-refractivity contribution >= 4 is 32.8 Å². The standard InChI is InChI=1S/C16H16N2S2/c17-15(11-9-19-13-7-3-1-5-10(11)13)16-18-12-6-2-4-8-14(12)20-16/h1,3,5,7,9,15H,2,4,6,8,17H2. The maximum absolute atomic E-state index is 6.49. The van der Waals surface area contributed by atoms with Crippen molar-refractivity contribution in [2.75, 3.05) is 0 Å². The van der Waals surface area contributed by atoms with E-state index in [1.54, 1.807) is 11.3 Å². The summed E-state index contributed by atoms with van der Waals surface area (Å²) in [5, 5.41) is 4.55. The van der Waals surface area contributed by atoms with Gasteiger partial charge in [-0.1, -0.05) is 18.2 Å². The van der Waals surface area contributed by atoms with Gasteiger partial charge in [0.15, 0.2) is 0 Å². The highest BCUT2D eigenvalue weighted by molar-refractivity contribution is 7.17. The fourth-order valence-electron chi connectivity index (χ4n) is 2.88. The Labute approximate surface area is 126 Å². The van der Waals surface area contributed by atoms with Gasteiger partial charge in [-0.05, 0) is 48.1 Å². The monoisotopic (exact) mass is 300 g/mol. The number of fused-ring (bicyclic) bond motifs is 2. The molecule has 20 heavy (non-hydrogen) atoms. The van der Waals surface area contributed by atoms with E-state index in [1.807, 2.05) is 11.3 Å². The van der Waals surface area contributed by atoms with Crippen LogP contribution in [0.2, 0.25) is 0 Å². The normalized spacial score (nSPS) is 16.2. The van der Waals surface area contributed by atoms with Crippen molar-refractivity contribution in [1.29, 1.82) is 0 Å². The highest BCUT2D eigenvalue weighted by Crippen LogP contribution is 2.36. The van der Waals surface area contributed by atoms with Crippen LogP contribution >= 0.6 is 22.7 Å². The van der Waals surface area contributed by atoms with Crippen LogP contribution in [-0.2, 0) is 12.8 Å². The second-order valence-electron chi connectivity index (χ2n) is 5.29. The van der Waals surface area contributed by atoms with Crippen LogP contribution in [0.25, 0.3) is 10.1 Å². The van der Waals surface area contributed by atoms with Gasteiger partial charge in [0, 0.05) is 9.58 Å². The van der Waals surface area contributed by atoms with E-state index in [9.17, 15) is 0 Å². The van der Waals surface area contributed by atoms with E-state index < -0.39 is 0 Å². The fraction of sp³-hybridized carbons (Fsp3) is 0.312. The summed E-state index contributed by atoms with van der Waals surface area (Å²) in [6.45, 7) is 0. The zero-order valence-corrected chi connectivity index (χ0v) is 12.8. The van der Waals surface area contributed by atoms with Crippen molar-refractivity contribution in [3.63, 3.8) is 0 Å². The highest BCUT2D eigenvalue weighted by Gasteiger charge is 2.21. The van der Waals surface area contributed by atoms with Crippen LogP contribution in [0.5, 0.6) is 0 Å². The summed E-state index contributed by atoms with van der Waals surface area (Å²) in [5.74, 6) is 0.